The molecule has 0 N–H and O–H groups in total. The number of nitrogens with zero attached hydrogens (tertiary/aromatic N) is 2. The van der Waals surface area contributed by atoms with E-state index in [2.05, 4.69) is 6.07 Å². The second-order valence-electron chi connectivity index (χ2n) is 4.69. The quantitative estimate of drug-likeness (QED) is 0.825. The van der Waals surface area contributed by atoms with E-state index < -0.39 is 5.41 Å². The highest BCUT2D eigenvalue weighted by Crippen LogP contribution is 2.28. The number of carbonyl (C=O) groups excluding carboxylic acids is 1. The zero-order valence-corrected chi connectivity index (χ0v) is 12.4. The van der Waals surface area contributed by atoms with Crippen LogP contribution in [-0.2, 0) is 11.3 Å². The summed E-state index contributed by atoms with van der Waals surface area (Å²) in [4.78, 5) is 14.0. The molecule has 1 aromatic rings. The van der Waals surface area contributed by atoms with Crippen LogP contribution in [0.15, 0.2) is 24.3 Å². The summed E-state index contributed by atoms with van der Waals surface area (Å²) in [5, 5.41) is 9.94. The van der Waals surface area contributed by atoms with Gasteiger partial charge in [-0.3, -0.25) is 4.79 Å². The van der Waals surface area contributed by atoms with E-state index in [4.69, 9.17) is 11.6 Å². The van der Waals surface area contributed by atoms with Crippen molar-refractivity contribution >= 4 is 17.5 Å². The first-order valence-electron chi connectivity index (χ1n) is 6.40. The number of rotatable bonds is 5. The Balaban J connectivity index is 2.86. The second kappa shape index (κ2) is 6.58. The first-order chi connectivity index (χ1) is 8.99. The number of benzene rings is 1. The Kier molecular flexibility index (Phi) is 5.38. The Morgan fingerprint density at radius 1 is 1.42 bits per heavy atom. The molecule has 1 rings (SSSR count). The molecular weight excluding hydrogens is 260 g/mol. The Hall–Kier alpha value is -1.53. The Morgan fingerprint density at radius 3 is 2.53 bits per heavy atom. The molecule has 0 fully saturated rings. The SMILES string of the molecule is CCC(C#N)(CC)C(=O)N(C)Cc1cccc(Cl)c1. The summed E-state index contributed by atoms with van der Waals surface area (Å²) in [6.07, 6.45) is 1.05. The lowest BCUT2D eigenvalue weighted by Crippen LogP contribution is -2.40. The molecule has 0 bridgehead atoms. The van der Waals surface area contributed by atoms with Gasteiger partial charge in [-0.05, 0) is 30.5 Å². The van der Waals surface area contributed by atoms with Gasteiger partial charge in [-0.15, -0.1) is 0 Å². The van der Waals surface area contributed by atoms with Crippen molar-refractivity contribution in [2.45, 2.75) is 33.2 Å². The molecule has 1 aromatic carbocycles. The number of hydrogen-bond acceptors (Lipinski definition) is 2. The average molecular weight is 279 g/mol. The van der Waals surface area contributed by atoms with Gasteiger partial charge < -0.3 is 4.90 Å². The minimum absolute atomic E-state index is 0.125. The molecule has 1 amide bonds. The van der Waals surface area contributed by atoms with Gasteiger partial charge in [0.25, 0.3) is 0 Å². The topological polar surface area (TPSA) is 44.1 Å². The maximum Gasteiger partial charge on any atom is 0.243 e. The van der Waals surface area contributed by atoms with Gasteiger partial charge in [-0.25, -0.2) is 0 Å². The van der Waals surface area contributed by atoms with E-state index >= 15 is 0 Å². The first kappa shape index (κ1) is 15.5. The fraction of sp³-hybridized carbons (Fsp3) is 0.467. The van der Waals surface area contributed by atoms with Gasteiger partial charge in [0.1, 0.15) is 5.41 Å². The molecule has 0 saturated heterocycles. The molecule has 3 nitrogen and oxygen atoms in total. The van der Waals surface area contributed by atoms with Crippen molar-refractivity contribution in [3.63, 3.8) is 0 Å². The number of halogens is 1. The van der Waals surface area contributed by atoms with Gasteiger partial charge >= 0.3 is 0 Å². The summed E-state index contributed by atoms with van der Waals surface area (Å²) in [6, 6.07) is 9.57. The van der Waals surface area contributed by atoms with Gasteiger partial charge in [0.2, 0.25) is 5.91 Å². The van der Waals surface area contributed by atoms with Crippen molar-refractivity contribution < 1.29 is 4.79 Å². The van der Waals surface area contributed by atoms with Crippen molar-refractivity contribution in [3.05, 3.63) is 34.9 Å². The van der Waals surface area contributed by atoms with Crippen LogP contribution in [0, 0.1) is 16.7 Å². The lowest BCUT2D eigenvalue weighted by Gasteiger charge is -2.28. The minimum Gasteiger partial charge on any atom is -0.340 e. The van der Waals surface area contributed by atoms with Gasteiger partial charge in [0.15, 0.2) is 0 Å². The van der Waals surface area contributed by atoms with Crippen molar-refractivity contribution in [3.8, 4) is 6.07 Å². The van der Waals surface area contributed by atoms with Gasteiger partial charge in [-0.2, -0.15) is 5.26 Å². The van der Waals surface area contributed by atoms with E-state index in [1.165, 1.54) is 0 Å². The highest BCUT2D eigenvalue weighted by molar-refractivity contribution is 6.30. The van der Waals surface area contributed by atoms with E-state index in [0.717, 1.165) is 5.56 Å². The molecule has 0 aliphatic carbocycles. The molecule has 0 saturated carbocycles. The third-order valence-electron chi connectivity index (χ3n) is 3.49. The van der Waals surface area contributed by atoms with Crippen LogP contribution in [-0.4, -0.2) is 17.9 Å². The normalized spacial score (nSPS) is 10.9. The van der Waals surface area contributed by atoms with Gasteiger partial charge in [0.05, 0.1) is 6.07 Å². The highest BCUT2D eigenvalue weighted by Gasteiger charge is 2.37. The van der Waals surface area contributed by atoms with Crippen LogP contribution in [0.1, 0.15) is 32.3 Å². The van der Waals surface area contributed by atoms with E-state index in [1.54, 1.807) is 18.0 Å². The molecular formula is C15H19ClN2O. The molecule has 0 spiro atoms. The highest BCUT2D eigenvalue weighted by atomic mass is 35.5. The number of hydrogen-bond donors (Lipinski definition) is 0. The summed E-state index contributed by atoms with van der Waals surface area (Å²) in [7, 11) is 1.72. The maximum absolute atomic E-state index is 12.4. The second-order valence-corrected chi connectivity index (χ2v) is 5.13. The molecule has 102 valence electrons. The third-order valence-corrected chi connectivity index (χ3v) is 3.72. The van der Waals surface area contributed by atoms with E-state index in [9.17, 15) is 10.1 Å². The summed E-state index contributed by atoms with van der Waals surface area (Å²) in [6.45, 7) is 4.21. The van der Waals surface area contributed by atoms with Crippen LogP contribution in [0.25, 0.3) is 0 Å². The molecule has 0 aromatic heterocycles. The standard InChI is InChI=1S/C15H19ClN2O/c1-4-15(5-2,11-17)14(19)18(3)10-12-7-6-8-13(16)9-12/h6-9H,4-5,10H2,1-3H3. The van der Waals surface area contributed by atoms with Crippen LogP contribution in [0.4, 0.5) is 0 Å². The molecule has 0 aliphatic heterocycles. The van der Waals surface area contributed by atoms with Crippen molar-refractivity contribution in [1.82, 2.24) is 4.90 Å². The summed E-state index contributed by atoms with van der Waals surface area (Å²) in [5.74, 6) is -0.125. The molecule has 0 atom stereocenters. The Labute approximate surface area is 119 Å². The predicted octanol–water partition coefficient (Wildman–Crippen LogP) is 3.63. The molecule has 4 heteroatoms. The van der Waals surface area contributed by atoms with Crippen molar-refractivity contribution in [1.29, 1.82) is 5.26 Å². The van der Waals surface area contributed by atoms with Crippen LogP contribution in [0.3, 0.4) is 0 Å². The zero-order valence-electron chi connectivity index (χ0n) is 11.6. The number of amides is 1. The summed E-state index contributed by atoms with van der Waals surface area (Å²) < 4.78 is 0. The molecule has 0 unspecified atom stereocenters. The van der Waals surface area contributed by atoms with E-state index in [1.807, 2.05) is 32.0 Å². The van der Waals surface area contributed by atoms with Gasteiger partial charge in [-0.1, -0.05) is 37.6 Å². The summed E-state index contributed by atoms with van der Waals surface area (Å²) in [5.41, 5.74) is 0.0512. The third kappa shape index (κ3) is 3.48. The van der Waals surface area contributed by atoms with Crippen LogP contribution < -0.4 is 0 Å². The lowest BCUT2D eigenvalue weighted by molar-refractivity contribution is -0.138. The predicted molar refractivity (Wildman–Crippen MR) is 76.6 cm³/mol. The van der Waals surface area contributed by atoms with Crippen LogP contribution >= 0.6 is 11.6 Å². The van der Waals surface area contributed by atoms with E-state index in [-0.39, 0.29) is 5.91 Å². The van der Waals surface area contributed by atoms with E-state index in [0.29, 0.717) is 24.4 Å². The average Bonchev–Trinajstić information content (AvgIpc) is 2.41. The fourth-order valence-corrected chi connectivity index (χ4v) is 2.32. The van der Waals surface area contributed by atoms with Crippen molar-refractivity contribution in [2.24, 2.45) is 5.41 Å². The Morgan fingerprint density at radius 2 is 2.05 bits per heavy atom. The zero-order chi connectivity index (χ0) is 14.5. The minimum atomic E-state index is -0.909. The summed E-state index contributed by atoms with van der Waals surface area (Å²) >= 11 is 5.92. The monoisotopic (exact) mass is 278 g/mol. The largest absolute Gasteiger partial charge is 0.340 e. The molecule has 0 radical (unpaired) electrons. The molecule has 0 aliphatic rings. The Bertz CT molecular complexity index is 489. The number of nitriles is 1. The number of carbonyl (C=O) groups is 1. The molecule has 19 heavy (non-hydrogen) atoms. The molecule has 0 heterocycles. The van der Waals surface area contributed by atoms with Crippen LogP contribution in [0.2, 0.25) is 5.02 Å². The lowest BCUT2D eigenvalue weighted by atomic mass is 9.82. The van der Waals surface area contributed by atoms with Crippen molar-refractivity contribution in [2.75, 3.05) is 7.05 Å². The van der Waals surface area contributed by atoms with Crippen LogP contribution in [0.5, 0.6) is 0 Å². The van der Waals surface area contributed by atoms with Gasteiger partial charge in [0, 0.05) is 18.6 Å². The maximum atomic E-state index is 12.4. The fourth-order valence-electron chi connectivity index (χ4n) is 2.10. The first-order valence-corrected chi connectivity index (χ1v) is 6.78. The smallest absolute Gasteiger partial charge is 0.243 e.